The van der Waals surface area contributed by atoms with Crippen LogP contribution in [0, 0.1) is 0 Å². The minimum absolute atomic E-state index is 0.335. The van der Waals surface area contributed by atoms with E-state index in [1.54, 1.807) is 20.8 Å². The molecule has 6 nitrogen and oxygen atoms in total. The van der Waals surface area contributed by atoms with Gasteiger partial charge in [0.05, 0.1) is 6.54 Å². The lowest BCUT2D eigenvalue weighted by molar-refractivity contribution is -0.157. The van der Waals surface area contributed by atoms with Gasteiger partial charge in [-0.05, 0) is 20.8 Å². The molecule has 0 saturated carbocycles. The van der Waals surface area contributed by atoms with Crippen molar-refractivity contribution in [1.82, 2.24) is 15.5 Å². The molecule has 18 heavy (non-hydrogen) atoms. The molecule has 1 aromatic heterocycles. The molecule has 1 amide bonds. The number of halogens is 3. The SMILES string of the molecule is CC(C)(C)OC(=O)NCc1nnc(C(F)(F)F)o1. The average Bonchev–Trinajstić information content (AvgIpc) is 2.59. The molecule has 1 heterocycles. The second-order valence-corrected chi connectivity index (χ2v) is 4.35. The number of alkyl halides is 3. The summed E-state index contributed by atoms with van der Waals surface area (Å²) in [5.41, 5.74) is -0.698. The molecule has 0 fully saturated rings. The molecule has 1 rings (SSSR count). The molecular weight excluding hydrogens is 255 g/mol. The van der Waals surface area contributed by atoms with Gasteiger partial charge in [0, 0.05) is 0 Å². The number of rotatable bonds is 2. The van der Waals surface area contributed by atoms with Crippen LogP contribution in [0.1, 0.15) is 32.6 Å². The Morgan fingerprint density at radius 2 is 1.94 bits per heavy atom. The Bertz CT molecular complexity index is 423. The lowest BCUT2D eigenvalue weighted by Gasteiger charge is -2.19. The second-order valence-electron chi connectivity index (χ2n) is 4.35. The maximum Gasteiger partial charge on any atom is 0.470 e. The van der Waals surface area contributed by atoms with Crippen LogP contribution in [0.2, 0.25) is 0 Å². The fraction of sp³-hybridized carbons (Fsp3) is 0.667. The maximum atomic E-state index is 12.1. The lowest BCUT2D eigenvalue weighted by atomic mass is 10.2. The Kier molecular flexibility index (Phi) is 3.82. The molecule has 1 aromatic rings. The number of amides is 1. The summed E-state index contributed by atoms with van der Waals surface area (Å²) in [6, 6.07) is 0. The molecule has 0 aliphatic rings. The van der Waals surface area contributed by atoms with Crippen molar-refractivity contribution < 1.29 is 27.1 Å². The van der Waals surface area contributed by atoms with Crippen LogP contribution in [0.25, 0.3) is 0 Å². The van der Waals surface area contributed by atoms with E-state index in [1.807, 2.05) is 0 Å². The van der Waals surface area contributed by atoms with Gasteiger partial charge in [0.25, 0.3) is 0 Å². The molecule has 0 unspecified atom stereocenters. The summed E-state index contributed by atoms with van der Waals surface area (Å²) in [4.78, 5) is 11.2. The summed E-state index contributed by atoms with van der Waals surface area (Å²) in [5, 5.41) is 8.15. The predicted molar refractivity (Wildman–Crippen MR) is 52.4 cm³/mol. The van der Waals surface area contributed by atoms with Crippen molar-refractivity contribution in [3.63, 3.8) is 0 Å². The number of hydrogen-bond acceptors (Lipinski definition) is 5. The molecule has 102 valence electrons. The van der Waals surface area contributed by atoms with E-state index in [0.717, 1.165) is 0 Å². The van der Waals surface area contributed by atoms with Crippen LogP contribution in [0.4, 0.5) is 18.0 Å². The van der Waals surface area contributed by atoms with Crippen LogP contribution < -0.4 is 5.32 Å². The fourth-order valence-electron chi connectivity index (χ4n) is 0.902. The summed E-state index contributed by atoms with van der Waals surface area (Å²) in [7, 11) is 0. The van der Waals surface area contributed by atoms with Crippen molar-refractivity contribution in [2.24, 2.45) is 0 Å². The van der Waals surface area contributed by atoms with Crippen molar-refractivity contribution in [3.8, 4) is 0 Å². The van der Waals surface area contributed by atoms with Gasteiger partial charge in [-0.25, -0.2) is 4.79 Å². The minimum Gasteiger partial charge on any atom is -0.444 e. The quantitative estimate of drug-likeness (QED) is 0.888. The normalized spacial score (nSPS) is 12.3. The van der Waals surface area contributed by atoms with Gasteiger partial charge in [-0.1, -0.05) is 0 Å². The first-order valence-corrected chi connectivity index (χ1v) is 4.94. The Labute approximate surface area is 101 Å². The van der Waals surface area contributed by atoms with Gasteiger partial charge in [-0.2, -0.15) is 13.2 Å². The first kappa shape index (κ1) is 14.3. The van der Waals surface area contributed by atoms with E-state index in [-0.39, 0.29) is 12.4 Å². The highest BCUT2D eigenvalue weighted by molar-refractivity contribution is 5.67. The highest BCUT2D eigenvalue weighted by Crippen LogP contribution is 2.27. The monoisotopic (exact) mass is 267 g/mol. The van der Waals surface area contributed by atoms with Crippen LogP contribution in [0.5, 0.6) is 0 Å². The smallest absolute Gasteiger partial charge is 0.444 e. The Balaban J connectivity index is 2.50. The van der Waals surface area contributed by atoms with Gasteiger partial charge in [0.1, 0.15) is 5.60 Å². The van der Waals surface area contributed by atoms with Crippen molar-refractivity contribution >= 4 is 6.09 Å². The molecule has 0 aliphatic heterocycles. The van der Waals surface area contributed by atoms with Crippen molar-refractivity contribution in [2.45, 2.75) is 39.1 Å². The fourth-order valence-corrected chi connectivity index (χ4v) is 0.902. The first-order chi connectivity index (χ1) is 8.08. The Morgan fingerprint density at radius 1 is 1.33 bits per heavy atom. The molecular formula is C9H12F3N3O3. The third-order valence-electron chi connectivity index (χ3n) is 1.49. The van der Waals surface area contributed by atoms with Crippen molar-refractivity contribution in [3.05, 3.63) is 11.8 Å². The highest BCUT2D eigenvalue weighted by Gasteiger charge is 2.38. The van der Waals surface area contributed by atoms with Gasteiger partial charge in [-0.3, -0.25) is 0 Å². The summed E-state index contributed by atoms with van der Waals surface area (Å²) < 4.78 is 45.5. The number of hydrogen-bond donors (Lipinski definition) is 1. The zero-order valence-corrected chi connectivity index (χ0v) is 9.96. The molecule has 0 saturated heterocycles. The first-order valence-electron chi connectivity index (χ1n) is 4.94. The summed E-state index contributed by atoms with van der Waals surface area (Å²) in [6.07, 6.45) is -5.48. The van der Waals surface area contributed by atoms with E-state index >= 15 is 0 Å². The van der Waals surface area contributed by atoms with Gasteiger partial charge in [0.15, 0.2) is 0 Å². The van der Waals surface area contributed by atoms with E-state index in [1.165, 1.54) is 0 Å². The number of ether oxygens (including phenoxy) is 1. The van der Waals surface area contributed by atoms with Crippen LogP contribution in [-0.4, -0.2) is 21.9 Å². The van der Waals surface area contributed by atoms with Crippen LogP contribution in [-0.2, 0) is 17.5 Å². The zero-order valence-electron chi connectivity index (χ0n) is 9.96. The molecule has 0 aromatic carbocycles. The minimum atomic E-state index is -4.70. The standard InChI is InChI=1S/C9H12F3N3O3/c1-8(2,3)18-7(16)13-4-5-14-15-6(17-5)9(10,11)12/h4H2,1-3H3,(H,13,16). The summed E-state index contributed by atoms with van der Waals surface area (Å²) in [5.74, 6) is -1.81. The predicted octanol–water partition coefficient (Wildman–Crippen LogP) is 2.11. The van der Waals surface area contributed by atoms with Crippen molar-refractivity contribution in [1.29, 1.82) is 0 Å². The number of aromatic nitrogens is 2. The number of carbonyl (C=O) groups excluding carboxylic acids is 1. The van der Waals surface area contributed by atoms with Gasteiger partial charge >= 0.3 is 18.2 Å². The zero-order chi connectivity index (χ0) is 14.0. The van der Waals surface area contributed by atoms with Gasteiger partial charge in [-0.15, -0.1) is 10.2 Å². The van der Waals surface area contributed by atoms with Gasteiger partial charge < -0.3 is 14.5 Å². The lowest BCUT2D eigenvalue weighted by Crippen LogP contribution is -2.32. The third kappa shape index (κ3) is 4.60. The molecule has 0 aliphatic carbocycles. The summed E-state index contributed by atoms with van der Waals surface area (Å²) in [6.45, 7) is 4.63. The largest absolute Gasteiger partial charge is 0.470 e. The van der Waals surface area contributed by atoms with Gasteiger partial charge in [0.2, 0.25) is 5.89 Å². The number of carbonyl (C=O) groups is 1. The Morgan fingerprint density at radius 3 is 2.39 bits per heavy atom. The van der Waals surface area contributed by atoms with Crippen molar-refractivity contribution in [2.75, 3.05) is 0 Å². The third-order valence-corrected chi connectivity index (χ3v) is 1.49. The number of nitrogens with zero attached hydrogens (tertiary/aromatic N) is 2. The number of nitrogens with one attached hydrogen (secondary N) is 1. The van der Waals surface area contributed by atoms with E-state index in [9.17, 15) is 18.0 Å². The Hall–Kier alpha value is -1.80. The average molecular weight is 267 g/mol. The molecule has 9 heteroatoms. The highest BCUT2D eigenvalue weighted by atomic mass is 19.4. The van der Waals surface area contributed by atoms with Crippen LogP contribution >= 0.6 is 0 Å². The molecule has 0 spiro atoms. The van der Waals surface area contributed by atoms with Crippen LogP contribution in [0.3, 0.4) is 0 Å². The van der Waals surface area contributed by atoms with E-state index in [4.69, 9.17) is 4.74 Å². The second kappa shape index (κ2) is 4.83. The van der Waals surface area contributed by atoms with E-state index in [0.29, 0.717) is 0 Å². The summed E-state index contributed by atoms with van der Waals surface area (Å²) >= 11 is 0. The topological polar surface area (TPSA) is 77.2 Å². The number of alkyl carbamates (subject to hydrolysis) is 1. The molecule has 0 radical (unpaired) electrons. The molecule has 1 N–H and O–H groups in total. The van der Waals surface area contributed by atoms with E-state index < -0.39 is 23.8 Å². The maximum absolute atomic E-state index is 12.1. The van der Waals surface area contributed by atoms with Crippen LogP contribution in [0.15, 0.2) is 4.42 Å². The van der Waals surface area contributed by atoms with E-state index in [2.05, 4.69) is 19.9 Å². The molecule has 0 bridgehead atoms. The molecule has 0 atom stereocenters.